The summed E-state index contributed by atoms with van der Waals surface area (Å²) in [6.07, 6.45) is 1.07. The van der Waals surface area contributed by atoms with Gasteiger partial charge in [-0.3, -0.25) is 0 Å². The Morgan fingerprint density at radius 1 is 1.75 bits per heavy atom. The molecule has 1 rings (SSSR count). The summed E-state index contributed by atoms with van der Waals surface area (Å²) in [6, 6.07) is -0.0260. The Bertz CT molecular complexity index is 155. The number of nitrogens with one attached hydrogen (secondary N) is 1. The summed E-state index contributed by atoms with van der Waals surface area (Å²) < 4.78 is 5.21. The van der Waals surface area contributed by atoms with Gasteiger partial charge in [-0.15, -0.1) is 0 Å². The lowest BCUT2D eigenvalue weighted by Gasteiger charge is -2.19. The largest absolute Gasteiger partial charge is 0.381 e. The average molecular weight is 172 g/mol. The fraction of sp³-hybridized carbons (Fsp3) is 0.875. The third-order valence-electron chi connectivity index (χ3n) is 2.12. The lowest BCUT2D eigenvalue weighted by molar-refractivity contribution is 0.172. The van der Waals surface area contributed by atoms with Gasteiger partial charge in [-0.25, -0.2) is 4.79 Å². The third-order valence-corrected chi connectivity index (χ3v) is 2.12. The van der Waals surface area contributed by atoms with E-state index in [-0.39, 0.29) is 6.03 Å². The Hall–Kier alpha value is -0.770. The van der Waals surface area contributed by atoms with Gasteiger partial charge in [0.05, 0.1) is 6.61 Å². The highest BCUT2D eigenvalue weighted by Gasteiger charge is 2.19. The van der Waals surface area contributed by atoms with Crippen LogP contribution in [-0.2, 0) is 4.74 Å². The Balaban J connectivity index is 2.24. The Morgan fingerprint density at radius 3 is 3.00 bits per heavy atom. The minimum Gasteiger partial charge on any atom is -0.381 e. The van der Waals surface area contributed by atoms with Crippen molar-refractivity contribution >= 4 is 6.03 Å². The molecule has 1 heterocycles. The molecule has 0 bridgehead atoms. The van der Waals surface area contributed by atoms with E-state index in [9.17, 15) is 4.79 Å². The predicted molar refractivity (Wildman–Crippen MR) is 46.0 cm³/mol. The van der Waals surface area contributed by atoms with Gasteiger partial charge >= 0.3 is 6.03 Å². The molecule has 4 heteroatoms. The number of nitrogens with zero attached hydrogens (tertiary/aromatic N) is 1. The summed E-state index contributed by atoms with van der Waals surface area (Å²) in [5.74, 6) is 0.521. The van der Waals surface area contributed by atoms with E-state index < -0.39 is 0 Å². The van der Waals surface area contributed by atoms with Crippen molar-refractivity contribution < 1.29 is 9.53 Å². The lowest BCUT2D eigenvalue weighted by Crippen LogP contribution is -2.38. The van der Waals surface area contributed by atoms with Gasteiger partial charge in [-0.2, -0.15) is 0 Å². The minimum atomic E-state index is -0.0260. The van der Waals surface area contributed by atoms with Gasteiger partial charge < -0.3 is 15.0 Å². The molecular formula is C8H16N2O2. The summed E-state index contributed by atoms with van der Waals surface area (Å²) in [5.41, 5.74) is 0. The lowest BCUT2D eigenvalue weighted by atomic mass is 10.1. The molecule has 2 amide bonds. The van der Waals surface area contributed by atoms with Crippen molar-refractivity contribution in [3.05, 3.63) is 0 Å². The first kappa shape index (κ1) is 9.32. The van der Waals surface area contributed by atoms with Crippen molar-refractivity contribution in [2.45, 2.75) is 6.42 Å². The molecule has 1 aliphatic rings. The molecule has 0 aliphatic carbocycles. The molecule has 1 atom stereocenters. The number of carbonyl (C=O) groups excluding carboxylic acids is 1. The minimum absolute atomic E-state index is 0.0260. The van der Waals surface area contributed by atoms with Crippen LogP contribution in [0, 0.1) is 5.92 Å². The Morgan fingerprint density at radius 2 is 2.50 bits per heavy atom. The van der Waals surface area contributed by atoms with E-state index in [1.54, 1.807) is 19.0 Å². The topological polar surface area (TPSA) is 41.6 Å². The van der Waals surface area contributed by atoms with Crippen LogP contribution in [-0.4, -0.2) is 44.8 Å². The van der Waals surface area contributed by atoms with E-state index >= 15 is 0 Å². The first-order valence-corrected chi connectivity index (χ1v) is 4.24. The molecule has 12 heavy (non-hydrogen) atoms. The zero-order valence-corrected chi connectivity index (χ0v) is 7.67. The van der Waals surface area contributed by atoms with Crippen LogP contribution in [0.15, 0.2) is 0 Å². The summed E-state index contributed by atoms with van der Waals surface area (Å²) >= 11 is 0. The first-order chi connectivity index (χ1) is 5.74. The highest BCUT2D eigenvalue weighted by molar-refractivity contribution is 5.73. The number of ether oxygens (including phenoxy) is 1. The van der Waals surface area contributed by atoms with E-state index in [1.807, 2.05) is 0 Å². The van der Waals surface area contributed by atoms with Crippen molar-refractivity contribution in [2.24, 2.45) is 5.92 Å². The number of rotatable bonds is 2. The van der Waals surface area contributed by atoms with E-state index in [0.717, 1.165) is 26.2 Å². The number of urea groups is 1. The van der Waals surface area contributed by atoms with Crippen LogP contribution in [0.2, 0.25) is 0 Å². The monoisotopic (exact) mass is 172 g/mol. The molecule has 4 nitrogen and oxygen atoms in total. The van der Waals surface area contributed by atoms with Crippen LogP contribution in [0.3, 0.4) is 0 Å². The second-order valence-corrected chi connectivity index (χ2v) is 3.17. The van der Waals surface area contributed by atoms with Gasteiger partial charge in [-0.1, -0.05) is 0 Å². The molecule has 0 unspecified atom stereocenters. The van der Waals surface area contributed by atoms with Crippen LogP contribution in [0.25, 0.3) is 0 Å². The van der Waals surface area contributed by atoms with Crippen LogP contribution in [0.1, 0.15) is 6.42 Å². The Kier molecular flexibility index (Phi) is 3.34. The van der Waals surface area contributed by atoms with Gasteiger partial charge in [0.1, 0.15) is 0 Å². The zero-order valence-electron chi connectivity index (χ0n) is 7.67. The maximum absolute atomic E-state index is 11.1. The maximum atomic E-state index is 11.1. The van der Waals surface area contributed by atoms with E-state index in [0.29, 0.717) is 5.92 Å². The van der Waals surface area contributed by atoms with Crippen LogP contribution >= 0.6 is 0 Å². The van der Waals surface area contributed by atoms with Gasteiger partial charge in [-0.05, 0) is 6.42 Å². The van der Waals surface area contributed by atoms with Gasteiger partial charge in [0.15, 0.2) is 0 Å². The standard InChI is InChI=1S/C8H16N2O2/c1-9-8(11)10(2)5-7-3-4-12-6-7/h7H,3-6H2,1-2H3,(H,9,11)/t7-/m1/s1. The third kappa shape index (κ3) is 2.37. The van der Waals surface area contributed by atoms with E-state index in [2.05, 4.69) is 5.32 Å². The van der Waals surface area contributed by atoms with Crippen LogP contribution in [0.5, 0.6) is 0 Å². The second-order valence-electron chi connectivity index (χ2n) is 3.17. The maximum Gasteiger partial charge on any atom is 0.316 e. The number of amides is 2. The van der Waals surface area contributed by atoms with Gasteiger partial charge in [0.2, 0.25) is 0 Å². The fourth-order valence-electron chi connectivity index (χ4n) is 1.39. The quantitative estimate of drug-likeness (QED) is 0.650. The summed E-state index contributed by atoms with van der Waals surface area (Å²) in [7, 11) is 3.45. The molecule has 1 saturated heterocycles. The molecule has 0 spiro atoms. The number of hydrogen-bond acceptors (Lipinski definition) is 2. The van der Waals surface area contributed by atoms with Crippen molar-refractivity contribution in [3.8, 4) is 0 Å². The zero-order chi connectivity index (χ0) is 8.97. The number of hydrogen-bond donors (Lipinski definition) is 1. The molecular weight excluding hydrogens is 156 g/mol. The Labute approximate surface area is 72.9 Å². The molecule has 0 radical (unpaired) electrons. The van der Waals surface area contributed by atoms with Crippen molar-refractivity contribution in [1.29, 1.82) is 0 Å². The average Bonchev–Trinajstić information content (AvgIpc) is 2.55. The molecule has 1 fully saturated rings. The molecule has 0 aromatic rings. The molecule has 0 saturated carbocycles. The highest BCUT2D eigenvalue weighted by atomic mass is 16.5. The predicted octanol–water partition coefficient (Wildman–Crippen LogP) is 0.294. The van der Waals surface area contributed by atoms with E-state index in [1.165, 1.54) is 0 Å². The van der Waals surface area contributed by atoms with Crippen LogP contribution < -0.4 is 5.32 Å². The van der Waals surface area contributed by atoms with Crippen molar-refractivity contribution in [1.82, 2.24) is 10.2 Å². The molecule has 0 aromatic carbocycles. The molecule has 0 aromatic heterocycles. The highest BCUT2D eigenvalue weighted by Crippen LogP contribution is 2.12. The van der Waals surface area contributed by atoms with Gasteiger partial charge in [0, 0.05) is 33.2 Å². The summed E-state index contributed by atoms with van der Waals surface area (Å²) in [4.78, 5) is 12.8. The van der Waals surface area contributed by atoms with E-state index in [4.69, 9.17) is 4.74 Å². The first-order valence-electron chi connectivity index (χ1n) is 4.24. The summed E-state index contributed by atoms with van der Waals surface area (Å²) in [6.45, 7) is 2.42. The second kappa shape index (κ2) is 4.30. The molecule has 1 N–H and O–H groups in total. The van der Waals surface area contributed by atoms with Crippen molar-refractivity contribution in [2.75, 3.05) is 33.9 Å². The number of carbonyl (C=O) groups is 1. The van der Waals surface area contributed by atoms with Crippen molar-refractivity contribution in [3.63, 3.8) is 0 Å². The smallest absolute Gasteiger partial charge is 0.316 e. The molecule has 70 valence electrons. The fourth-order valence-corrected chi connectivity index (χ4v) is 1.39. The van der Waals surface area contributed by atoms with Gasteiger partial charge in [0.25, 0.3) is 0 Å². The summed E-state index contributed by atoms with van der Waals surface area (Å²) in [5, 5.41) is 2.58. The molecule has 1 aliphatic heterocycles. The van der Waals surface area contributed by atoms with Crippen LogP contribution in [0.4, 0.5) is 4.79 Å². The normalized spacial score (nSPS) is 22.3. The SMILES string of the molecule is CNC(=O)N(C)C[C@H]1CCOC1.